The minimum Gasteiger partial charge on any atom is -0.396 e. The van der Waals surface area contributed by atoms with E-state index in [1.807, 2.05) is 0 Å². The van der Waals surface area contributed by atoms with E-state index in [0.717, 1.165) is 25.8 Å². The maximum absolute atomic E-state index is 13.0. The summed E-state index contributed by atoms with van der Waals surface area (Å²) in [6.45, 7) is 3.59. The number of hydrogen-bond donors (Lipinski definition) is 3. The number of aliphatic hydroxyl groups is 3. The van der Waals surface area contributed by atoms with Crippen LogP contribution >= 0.6 is 0 Å². The van der Waals surface area contributed by atoms with Crippen LogP contribution in [0.5, 0.6) is 0 Å². The smallest absolute Gasteiger partial charge is 0.136 e. The lowest BCUT2D eigenvalue weighted by atomic mass is 9.42. The normalized spacial score (nSPS) is 60.9. The van der Waals surface area contributed by atoms with Gasteiger partial charge in [-0.25, -0.2) is 0 Å². The molecule has 188 valence electrons. The van der Waals surface area contributed by atoms with Crippen LogP contribution in [-0.4, -0.2) is 110 Å². The Bertz CT molecular complexity index is 814. The van der Waals surface area contributed by atoms with E-state index in [4.69, 9.17) is 18.9 Å². The van der Waals surface area contributed by atoms with Gasteiger partial charge in [-0.15, -0.1) is 0 Å². The van der Waals surface area contributed by atoms with E-state index in [2.05, 4.69) is 11.8 Å². The molecule has 0 amide bonds. The van der Waals surface area contributed by atoms with Gasteiger partial charge in [-0.1, -0.05) is 6.92 Å². The molecule has 6 aliphatic rings. The molecular formula is C25H41NO7. The quantitative estimate of drug-likeness (QED) is 0.512. The van der Waals surface area contributed by atoms with E-state index in [9.17, 15) is 15.3 Å². The lowest BCUT2D eigenvalue weighted by molar-refractivity contribution is -0.320. The van der Waals surface area contributed by atoms with Gasteiger partial charge in [-0.05, 0) is 31.7 Å². The lowest BCUT2D eigenvalue weighted by Gasteiger charge is -2.70. The molecule has 8 heteroatoms. The Morgan fingerprint density at radius 2 is 1.79 bits per heavy atom. The van der Waals surface area contributed by atoms with Crippen molar-refractivity contribution in [1.29, 1.82) is 0 Å². The van der Waals surface area contributed by atoms with E-state index in [0.29, 0.717) is 13.0 Å². The van der Waals surface area contributed by atoms with E-state index in [-0.39, 0.29) is 54.6 Å². The molecule has 4 unspecified atom stereocenters. The Hall–Kier alpha value is -0.320. The number of methoxy groups -OCH3 is 4. The molecule has 1 spiro atoms. The maximum Gasteiger partial charge on any atom is 0.136 e. The van der Waals surface area contributed by atoms with Crippen LogP contribution in [0.3, 0.4) is 0 Å². The first-order valence-electron chi connectivity index (χ1n) is 12.7. The van der Waals surface area contributed by atoms with Crippen molar-refractivity contribution in [3.63, 3.8) is 0 Å². The van der Waals surface area contributed by atoms with Gasteiger partial charge < -0.3 is 34.3 Å². The summed E-state index contributed by atoms with van der Waals surface area (Å²) in [7, 11) is 6.85. The predicted molar refractivity (Wildman–Crippen MR) is 119 cm³/mol. The topological polar surface area (TPSA) is 101 Å². The Balaban J connectivity index is 1.68. The van der Waals surface area contributed by atoms with Crippen LogP contribution in [0.25, 0.3) is 0 Å². The highest BCUT2D eigenvalue weighted by molar-refractivity contribution is 5.41. The van der Waals surface area contributed by atoms with Crippen LogP contribution < -0.4 is 0 Å². The van der Waals surface area contributed by atoms with Crippen LogP contribution in [0.4, 0.5) is 0 Å². The van der Waals surface area contributed by atoms with Crippen molar-refractivity contribution < 1.29 is 34.3 Å². The summed E-state index contributed by atoms with van der Waals surface area (Å²) in [4.78, 5) is 2.33. The van der Waals surface area contributed by atoms with Gasteiger partial charge in [0.15, 0.2) is 0 Å². The molecule has 0 aromatic rings. The van der Waals surface area contributed by atoms with Crippen molar-refractivity contribution in [3.8, 4) is 0 Å². The molecule has 1 aliphatic heterocycles. The fourth-order valence-electron chi connectivity index (χ4n) is 11.0. The fraction of sp³-hybridized carbons (Fsp3) is 1.00. The number of ether oxygens (including phenoxy) is 4. The van der Waals surface area contributed by atoms with Gasteiger partial charge in [0.2, 0.25) is 0 Å². The molecule has 6 rings (SSSR count). The van der Waals surface area contributed by atoms with Crippen LogP contribution in [0.1, 0.15) is 32.6 Å². The first-order valence-corrected chi connectivity index (χ1v) is 12.7. The van der Waals surface area contributed by atoms with Crippen molar-refractivity contribution in [2.75, 3.05) is 48.1 Å². The highest BCUT2D eigenvalue weighted by atomic mass is 16.5. The van der Waals surface area contributed by atoms with Gasteiger partial charge in [-0.3, -0.25) is 4.90 Å². The Morgan fingerprint density at radius 1 is 1.03 bits per heavy atom. The highest BCUT2D eigenvalue weighted by Gasteiger charge is 2.91. The van der Waals surface area contributed by atoms with E-state index in [1.165, 1.54) is 0 Å². The molecule has 8 nitrogen and oxygen atoms in total. The molecule has 1 heterocycles. The predicted octanol–water partition coefficient (Wildman–Crippen LogP) is 0.271. The number of rotatable bonds is 6. The monoisotopic (exact) mass is 467 g/mol. The highest BCUT2D eigenvalue weighted by Crippen LogP contribution is 2.80. The summed E-state index contributed by atoms with van der Waals surface area (Å²) >= 11 is 0. The number of piperidine rings is 1. The van der Waals surface area contributed by atoms with Crippen LogP contribution in [-0.2, 0) is 18.9 Å². The number of nitrogens with zero attached hydrogens (tertiary/aromatic N) is 1. The second-order valence-electron chi connectivity index (χ2n) is 11.8. The van der Waals surface area contributed by atoms with E-state index in [1.54, 1.807) is 28.4 Å². The third kappa shape index (κ3) is 2.16. The van der Waals surface area contributed by atoms with Crippen molar-refractivity contribution in [2.45, 2.75) is 74.3 Å². The van der Waals surface area contributed by atoms with E-state index < -0.39 is 28.1 Å². The summed E-state index contributed by atoms with van der Waals surface area (Å²) in [6.07, 6.45) is 1.81. The van der Waals surface area contributed by atoms with Crippen molar-refractivity contribution in [1.82, 2.24) is 4.90 Å². The molecule has 33 heavy (non-hydrogen) atoms. The van der Waals surface area contributed by atoms with Gasteiger partial charge in [0.05, 0.1) is 37.1 Å². The van der Waals surface area contributed by atoms with Crippen molar-refractivity contribution in [3.05, 3.63) is 0 Å². The third-order valence-corrected chi connectivity index (χ3v) is 11.6. The lowest BCUT2D eigenvalue weighted by Crippen LogP contribution is -2.82. The molecule has 1 saturated heterocycles. The van der Waals surface area contributed by atoms with Crippen LogP contribution in [0.15, 0.2) is 0 Å². The zero-order valence-electron chi connectivity index (χ0n) is 20.6. The van der Waals surface area contributed by atoms with Crippen LogP contribution in [0.2, 0.25) is 0 Å². The molecular weight excluding hydrogens is 426 g/mol. The minimum atomic E-state index is -1.52. The van der Waals surface area contributed by atoms with E-state index >= 15 is 0 Å². The minimum absolute atomic E-state index is 0.0443. The molecule has 7 bridgehead atoms. The molecule has 5 saturated carbocycles. The summed E-state index contributed by atoms with van der Waals surface area (Å²) in [5.41, 5.74) is -3.78. The molecule has 3 N–H and O–H groups in total. The van der Waals surface area contributed by atoms with Gasteiger partial charge in [0, 0.05) is 70.0 Å². The average Bonchev–Trinajstić information content (AvgIpc) is 3.24. The SMILES string of the molecule is CCN1C[C@]2(CO)CC[C@H](OC)[C@]34C5C[C@@H]6[C@@H](OC)C[C@@](O)(C5[C@H]6OC)[C@](O)(C13)[C@@H](OC)C24. The molecule has 0 radical (unpaired) electrons. The van der Waals surface area contributed by atoms with Gasteiger partial charge in [0.25, 0.3) is 0 Å². The van der Waals surface area contributed by atoms with Gasteiger partial charge in [0.1, 0.15) is 11.2 Å². The fourth-order valence-corrected chi connectivity index (χ4v) is 11.0. The zero-order valence-corrected chi connectivity index (χ0v) is 20.6. The molecule has 13 atom stereocenters. The first kappa shape index (κ1) is 23.1. The second kappa shape index (κ2) is 7.13. The van der Waals surface area contributed by atoms with Crippen LogP contribution in [0, 0.1) is 34.5 Å². The second-order valence-corrected chi connectivity index (χ2v) is 11.8. The number of likely N-dealkylation sites (tertiary alicyclic amines) is 1. The number of aliphatic hydroxyl groups excluding tert-OH is 1. The Morgan fingerprint density at radius 3 is 2.36 bits per heavy atom. The summed E-state index contributed by atoms with van der Waals surface area (Å²) in [5, 5.41) is 36.6. The molecule has 5 aliphatic carbocycles. The first-order chi connectivity index (χ1) is 15.8. The summed E-state index contributed by atoms with van der Waals surface area (Å²) in [6, 6.07) is -0.312. The number of likely N-dealkylation sites (N-methyl/N-ethyl adjacent to an activating group) is 1. The number of fused-ring (bicyclic) bond motifs is 2. The largest absolute Gasteiger partial charge is 0.396 e. The Kier molecular flexibility index (Phi) is 4.99. The summed E-state index contributed by atoms with van der Waals surface area (Å²) < 4.78 is 24.5. The standard InChI is InChI=1S/C25H41NO7/c1-6-26-11-22(12-27)8-7-16(31-3)24-14-9-13-15(30-2)10-23(28,17(14)18(13)32-4)25(29,21(24)26)20(33-5)19(22)24/h13-21,27-29H,6-12H2,1-5H3/t13-,14?,15+,16+,17?,18+,19?,20+,21?,22+,23-,24+,25-/m1/s1. The molecule has 0 aromatic carbocycles. The maximum atomic E-state index is 13.0. The third-order valence-electron chi connectivity index (χ3n) is 11.6. The zero-order chi connectivity index (χ0) is 23.6. The average molecular weight is 468 g/mol. The van der Waals surface area contributed by atoms with Gasteiger partial charge in [-0.2, -0.15) is 0 Å². The summed E-state index contributed by atoms with van der Waals surface area (Å²) in [5.74, 6) is -0.0916. The Labute approximate surface area is 196 Å². The molecule has 6 fully saturated rings. The number of hydrogen-bond acceptors (Lipinski definition) is 8. The van der Waals surface area contributed by atoms with Crippen molar-refractivity contribution >= 4 is 0 Å². The van der Waals surface area contributed by atoms with Gasteiger partial charge >= 0.3 is 0 Å². The molecule has 0 aromatic heterocycles. The van der Waals surface area contributed by atoms with Crippen molar-refractivity contribution in [2.24, 2.45) is 34.5 Å².